The number of hydrogen-bond donors (Lipinski definition) is 1. The molecule has 1 aromatic heterocycles. The molecule has 1 amide bonds. The summed E-state index contributed by atoms with van der Waals surface area (Å²) < 4.78 is 1.79. The SMILES string of the molecule is O=C(N=Nc1c(O)n(Cc2ccccc2)c2ccccc12)C1CC1. The van der Waals surface area contributed by atoms with Gasteiger partial charge in [-0.05, 0) is 24.5 Å². The molecule has 0 bridgehead atoms. The van der Waals surface area contributed by atoms with Crippen LogP contribution >= 0.6 is 0 Å². The smallest absolute Gasteiger partial charge is 0.267 e. The van der Waals surface area contributed by atoms with E-state index in [4.69, 9.17) is 0 Å². The monoisotopic (exact) mass is 319 g/mol. The second-order valence-electron chi connectivity index (χ2n) is 6.07. The van der Waals surface area contributed by atoms with Gasteiger partial charge in [0, 0.05) is 11.3 Å². The maximum absolute atomic E-state index is 11.8. The van der Waals surface area contributed by atoms with Crippen LogP contribution < -0.4 is 0 Å². The van der Waals surface area contributed by atoms with Crippen molar-refractivity contribution < 1.29 is 9.90 Å². The maximum atomic E-state index is 11.8. The Morgan fingerprint density at radius 1 is 1.08 bits per heavy atom. The molecule has 2 aromatic carbocycles. The molecular weight excluding hydrogens is 302 g/mol. The van der Waals surface area contributed by atoms with Crippen molar-refractivity contribution in [3.05, 3.63) is 60.2 Å². The average Bonchev–Trinajstić information content (AvgIpc) is 3.42. The highest BCUT2D eigenvalue weighted by molar-refractivity contribution is 5.95. The zero-order valence-corrected chi connectivity index (χ0v) is 13.1. The average molecular weight is 319 g/mol. The van der Waals surface area contributed by atoms with E-state index in [0.29, 0.717) is 12.2 Å². The number of benzene rings is 2. The minimum absolute atomic E-state index is 0.0218. The fraction of sp³-hybridized carbons (Fsp3) is 0.211. The normalized spacial score (nSPS) is 14.5. The molecule has 1 heterocycles. The van der Waals surface area contributed by atoms with Crippen molar-refractivity contribution in [1.29, 1.82) is 0 Å². The third-order valence-corrected chi connectivity index (χ3v) is 4.28. The Bertz CT molecular complexity index is 924. The molecule has 0 saturated heterocycles. The van der Waals surface area contributed by atoms with E-state index in [1.807, 2.05) is 54.6 Å². The van der Waals surface area contributed by atoms with E-state index in [2.05, 4.69) is 10.2 Å². The van der Waals surface area contributed by atoms with Crippen LogP contribution in [0.3, 0.4) is 0 Å². The van der Waals surface area contributed by atoms with Crippen molar-refractivity contribution in [3.8, 4) is 5.88 Å². The highest BCUT2D eigenvalue weighted by Gasteiger charge is 2.30. The van der Waals surface area contributed by atoms with Crippen LogP contribution in [-0.2, 0) is 11.3 Å². The molecular formula is C19H17N3O2. The Morgan fingerprint density at radius 3 is 2.54 bits per heavy atom. The molecule has 120 valence electrons. The van der Waals surface area contributed by atoms with Gasteiger partial charge in [0.2, 0.25) is 5.88 Å². The highest BCUT2D eigenvalue weighted by atomic mass is 16.3. The van der Waals surface area contributed by atoms with Gasteiger partial charge in [0.15, 0.2) is 5.69 Å². The minimum atomic E-state index is -0.200. The van der Waals surface area contributed by atoms with Gasteiger partial charge < -0.3 is 9.67 Å². The molecule has 1 aliphatic carbocycles. The second kappa shape index (κ2) is 5.92. The largest absolute Gasteiger partial charge is 0.493 e. The summed E-state index contributed by atoms with van der Waals surface area (Å²) in [5, 5.41) is 19.3. The third kappa shape index (κ3) is 2.69. The first-order valence-electron chi connectivity index (χ1n) is 8.04. The van der Waals surface area contributed by atoms with Crippen molar-refractivity contribution in [2.24, 2.45) is 16.1 Å². The summed E-state index contributed by atoms with van der Waals surface area (Å²) >= 11 is 0. The summed E-state index contributed by atoms with van der Waals surface area (Å²) in [6.07, 6.45) is 1.78. The van der Waals surface area contributed by atoms with Crippen LogP contribution in [0.15, 0.2) is 64.8 Å². The van der Waals surface area contributed by atoms with Crippen LogP contribution in [0.2, 0.25) is 0 Å². The molecule has 4 rings (SSSR count). The molecule has 5 heteroatoms. The Balaban J connectivity index is 1.76. The van der Waals surface area contributed by atoms with E-state index in [1.165, 1.54) is 0 Å². The van der Waals surface area contributed by atoms with E-state index < -0.39 is 0 Å². The van der Waals surface area contributed by atoms with E-state index in [1.54, 1.807) is 4.57 Å². The lowest BCUT2D eigenvalue weighted by Gasteiger charge is -2.06. The van der Waals surface area contributed by atoms with Crippen molar-refractivity contribution in [3.63, 3.8) is 0 Å². The number of nitrogens with zero attached hydrogens (tertiary/aromatic N) is 3. The highest BCUT2D eigenvalue weighted by Crippen LogP contribution is 2.39. The molecule has 0 unspecified atom stereocenters. The molecule has 0 aliphatic heterocycles. The summed E-state index contributed by atoms with van der Waals surface area (Å²) in [6.45, 7) is 0.527. The number of amides is 1. The Labute approximate surface area is 139 Å². The van der Waals surface area contributed by atoms with E-state index >= 15 is 0 Å². The van der Waals surface area contributed by atoms with Crippen molar-refractivity contribution in [2.75, 3.05) is 0 Å². The first-order valence-corrected chi connectivity index (χ1v) is 8.04. The lowest BCUT2D eigenvalue weighted by molar-refractivity contribution is -0.119. The van der Waals surface area contributed by atoms with Gasteiger partial charge in [-0.3, -0.25) is 4.79 Å². The van der Waals surface area contributed by atoms with Crippen molar-refractivity contribution >= 4 is 22.5 Å². The number of azo groups is 1. The number of carbonyl (C=O) groups is 1. The molecule has 5 nitrogen and oxygen atoms in total. The van der Waals surface area contributed by atoms with Crippen LogP contribution in [-0.4, -0.2) is 15.6 Å². The van der Waals surface area contributed by atoms with Gasteiger partial charge in [-0.15, -0.1) is 10.2 Å². The van der Waals surface area contributed by atoms with E-state index in [9.17, 15) is 9.90 Å². The van der Waals surface area contributed by atoms with Gasteiger partial charge in [-0.25, -0.2) is 0 Å². The quantitative estimate of drug-likeness (QED) is 0.723. The summed E-state index contributed by atoms with van der Waals surface area (Å²) in [5.41, 5.74) is 2.30. The molecule has 24 heavy (non-hydrogen) atoms. The molecule has 0 radical (unpaired) electrons. The van der Waals surface area contributed by atoms with Crippen LogP contribution in [0.1, 0.15) is 18.4 Å². The molecule has 1 N–H and O–H groups in total. The molecule has 1 aliphatic rings. The number of carbonyl (C=O) groups excluding carboxylic acids is 1. The van der Waals surface area contributed by atoms with Gasteiger partial charge in [0.05, 0.1) is 12.1 Å². The number of fused-ring (bicyclic) bond motifs is 1. The summed E-state index contributed by atoms with van der Waals surface area (Å²) in [6, 6.07) is 17.5. The van der Waals surface area contributed by atoms with Gasteiger partial charge in [0.1, 0.15) is 0 Å². The lowest BCUT2D eigenvalue weighted by Crippen LogP contribution is -1.98. The topological polar surface area (TPSA) is 66.9 Å². The van der Waals surface area contributed by atoms with E-state index in [0.717, 1.165) is 29.3 Å². The molecule has 1 saturated carbocycles. The zero-order valence-electron chi connectivity index (χ0n) is 13.1. The van der Waals surface area contributed by atoms with Crippen LogP contribution in [0, 0.1) is 5.92 Å². The second-order valence-corrected chi connectivity index (χ2v) is 6.07. The Kier molecular flexibility index (Phi) is 3.61. The fourth-order valence-corrected chi connectivity index (χ4v) is 2.81. The predicted octanol–water partition coefficient (Wildman–Crippen LogP) is 4.42. The predicted molar refractivity (Wildman–Crippen MR) is 91.4 cm³/mol. The number of aromatic hydroxyl groups is 1. The van der Waals surface area contributed by atoms with Gasteiger partial charge in [-0.2, -0.15) is 0 Å². The summed E-state index contributed by atoms with van der Waals surface area (Å²) in [7, 11) is 0. The van der Waals surface area contributed by atoms with Gasteiger partial charge in [-0.1, -0.05) is 48.5 Å². The number of hydrogen-bond acceptors (Lipinski definition) is 3. The molecule has 1 fully saturated rings. The third-order valence-electron chi connectivity index (χ3n) is 4.28. The first kappa shape index (κ1) is 14.6. The minimum Gasteiger partial charge on any atom is -0.493 e. The molecule has 0 spiro atoms. The van der Waals surface area contributed by atoms with Crippen LogP contribution in [0.4, 0.5) is 5.69 Å². The fourth-order valence-electron chi connectivity index (χ4n) is 2.81. The lowest BCUT2D eigenvalue weighted by atomic mass is 10.2. The number of para-hydroxylation sites is 1. The maximum Gasteiger partial charge on any atom is 0.267 e. The first-order chi connectivity index (χ1) is 11.7. The van der Waals surface area contributed by atoms with Crippen molar-refractivity contribution in [2.45, 2.75) is 19.4 Å². The number of aromatic nitrogens is 1. The molecule has 0 atom stereocenters. The van der Waals surface area contributed by atoms with Crippen LogP contribution in [0.25, 0.3) is 10.9 Å². The Hall–Kier alpha value is -2.95. The summed E-state index contributed by atoms with van der Waals surface area (Å²) in [5.74, 6) is -0.143. The Morgan fingerprint density at radius 2 is 1.79 bits per heavy atom. The van der Waals surface area contributed by atoms with Crippen molar-refractivity contribution in [1.82, 2.24) is 4.57 Å². The van der Waals surface area contributed by atoms with Gasteiger partial charge in [0.25, 0.3) is 5.91 Å². The standard InChI is InChI=1S/C19H17N3O2/c23-18(14-10-11-14)21-20-17-15-8-4-5-9-16(15)22(19(17)24)12-13-6-2-1-3-7-13/h1-9,14,24H,10-12H2. The zero-order chi connectivity index (χ0) is 16.5. The van der Waals surface area contributed by atoms with E-state index in [-0.39, 0.29) is 17.7 Å². The number of rotatable bonds is 4. The van der Waals surface area contributed by atoms with Crippen LogP contribution in [0.5, 0.6) is 5.88 Å². The van der Waals surface area contributed by atoms with Gasteiger partial charge >= 0.3 is 0 Å². The molecule has 3 aromatic rings. The summed E-state index contributed by atoms with van der Waals surface area (Å²) in [4.78, 5) is 11.8.